The van der Waals surface area contributed by atoms with Gasteiger partial charge in [-0.1, -0.05) is 19.9 Å². The van der Waals surface area contributed by atoms with Gasteiger partial charge in [-0.2, -0.15) is 0 Å². The number of aliphatic hydroxyl groups is 1. The Morgan fingerprint density at radius 3 is 2.64 bits per heavy atom. The summed E-state index contributed by atoms with van der Waals surface area (Å²) in [6.45, 7) is 9.68. The number of nitrogens with one attached hydrogen (secondary N) is 1. The van der Waals surface area contributed by atoms with E-state index in [0.29, 0.717) is 36.6 Å². The van der Waals surface area contributed by atoms with E-state index in [4.69, 9.17) is 16.9 Å². The smallest absolute Gasteiger partial charge is 0.158 e. The van der Waals surface area contributed by atoms with Crippen molar-refractivity contribution in [2.24, 2.45) is 11.5 Å². The normalized spacial score (nSPS) is 13.5. The molecule has 0 radical (unpaired) electrons. The van der Waals surface area contributed by atoms with Crippen molar-refractivity contribution in [3.05, 3.63) is 53.9 Å². The van der Waals surface area contributed by atoms with Crippen LogP contribution >= 0.6 is 0 Å². The van der Waals surface area contributed by atoms with Crippen molar-refractivity contribution < 1.29 is 5.11 Å². The van der Waals surface area contributed by atoms with Crippen molar-refractivity contribution in [1.29, 1.82) is 5.41 Å². The van der Waals surface area contributed by atoms with Gasteiger partial charge >= 0.3 is 0 Å². The zero-order valence-electron chi connectivity index (χ0n) is 15.5. The number of nitrogens with two attached hydrogens (primary N) is 2. The average Bonchev–Trinajstić information content (AvgIpc) is 2.99. The summed E-state index contributed by atoms with van der Waals surface area (Å²) in [5.41, 5.74) is 14.3. The molecule has 1 aromatic rings. The van der Waals surface area contributed by atoms with Gasteiger partial charge in [-0.15, -0.1) is 0 Å². The van der Waals surface area contributed by atoms with Gasteiger partial charge < -0.3 is 21.1 Å². The number of aromatic nitrogens is 2. The van der Waals surface area contributed by atoms with Crippen LogP contribution in [0, 0.1) is 5.41 Å². The molecule has 0 aliphatic heterocycles. The number of allylic oxidation sites excluding steroid dienone is 5. The quantitative estimate of drug-likeness (QED) is 0.385. The minimum Gasteiger partial charge on any atom is -0.402 e. The summed E-state index contributed by atoms with van der Waals surface area (Å²) in [5, 5.41) is 17.7. The summed E-state index contributed by atoms with van der Waals surface area (Å²) < 4.78 is 1.83. The van der Waals surface area contributed by atoms with Crippen LogP contribution in [0.25, 0.3) is 0 Å². The Morgan fingerprint density at radius 2 is 2.08 bits per heavy atom. The Bertz CT molecular complexity index is 662. The molecule has 0 unspecified atom stereocenters. The van der Waals surface area contributed by atoms with Gasteiger partial charge in [0.05, 0.1) is 17.9 Å². The van der Waals surface area contributed by atoms with Gasteiger partial charge in [-0.3, -0.25) is 5.41 Å². The first-order chi connectivity index (χ1) is 11.7. The van der Waals surface area contributed by atoms with Gasteiger partial charge in [-0.25, -0.2) is 4.98 Å². The van der Waals surface area contributed by atoms with Crippen LogP contribution in [-0.4, -0.2) is 26.0 Å². The van der Waals surface area contributed by atoms with Gasteiger partial charge in [0, 0.05) is 23.8 Å². The Hall–Kier alpha value is -2.34. The van der Waals surface area contributed by atoms with E-state index in [9.17, 15) is 5.11 Å². The van der Waals surface area contributed by atoms with Crippen LogP contribution in [0.15, 0.2) is 48.1 Å². The molecule has 0 saturated carbocycles. The molecule has 0 saturated heterocycles. The highest BCUT2D eigenvalue weighted by molar-refractivity contribution is 6.03. The minimum atomic E-state index is -0.741. The van der Waals surface area contributed by atoms with Gasteiger partial charge in [0.2, 0.25) is 0 Å². The maximum Gasteiger partial charge on any atom is 0.158 e. The molecular formula is C19H31N5O. The van der Waals surface area contributed by atoms with Crippen LogP contribution in [0.1, 0.15) is 52.3 Å². The SMILES string of the molecule is C=CC(=N)c1nccn1C/C(N)=C(/C=C(\N)CCC(C)(C)O)CCC. The summed E-state index contributed by atoms with van der Waals surface area (Å²) in [4.78, 5) is 4.18. The molecule has 25 heavy (non-hydrogen) atoms. The van der Waals surface area contributed by atoms with Gasteiger partial charge in [0.25, 0.3) is 0 Å². The van der Waals surface area contributed by atoms with Crippen molar-refractivity contribution >= 4 is 5.71 Å². The average molecular weight is 345 g/mol. The van der Waals surface area contributed by atoms with E-state index in [2.05, 4.69) is 18.5 Å². The Morgan fingerprint density at radius 1 is 1.40 bits per heavy atom. The predicted octanol–water partition coefficient (Wildman–Crippen LogP) is 2.84. The highest BCUT2D eigenvalue weighted by atomic mass is 16.3. The summed E-state index contributed by atoms with van der Waals surface area (Å²) in [7, 11) is 0. The first kappa shape index (κ1) is 20.7. The topological polar surface area (TPSA) is 114 Å². The second kappa shape index (κ2) is 9.22. The summed E-state index contributed by atoms with van der Waals surface area (Å²) in [5.74, 6) is 0.535. The molecule has 0 bridgehead atoms. The van der Waals surface area contributed by atoms with Crippen LogP contribution in [-0.2, 0) is 6.54 Å². The lowest BCUT2D eigenvalue weighted by Crippen LogP contribution is -2.19. The van der Waals surface area contributed by atoms with Crippen LogP contribution < -0.4 is 11.5 Å². The molecule has 6 N–H and O–H groups in total. The van der Waals surface area contributed by atoms with Gasteiger partial charge in [0.15, 0.2) is 5.82 Å². The van der Waals surface area contributed by atoms with Crippen LogP contribution in [0.3, 0.4) is 0 Å². The third-order valence-electron chi connectivity index (χ3n) is 3.82. The van der Waals surface area contributed by atoms with Gasteiger partial charge in [-0.05, 0) is 50.8 Å². The second-order valence-corrected chi connectivity index (χ2v) is 6.83. The lowest BCUT2D eigenvalue weighted by molar-refractivity contribution is 0.0713. The first-order valence-corrected chi connectivity index (χ1v) is 8.56. The first-order valence-electron chi connectivity index (χ1n) is 8.56. The fourth-order valence-corrected chi connectivity index (χ4v) is 2.40. The van der Waals surface area contributed by atoms with Crippen molar-refractivity contribution in [2.45, 2.75) is 58.6 Å². The van der Waals surface area contributed by atoms with Crippen LogP contribution in [0.4, 0.5) is 0 Å². The van der Waals surface area contributed by atoms with Crippen molar-refractivity contribution in [1.82, 2.24) is 9.55 Å². The molecule has 1 aromatic heterocycles. The summed E-state index contributed by atoms with van der Waals surface area (Å²) in [6, 6.07) is 0. The molecule has 0 aliphatic carbocycles. The number of imidazole rings is 1. The van der Waals surface area contributed by atoms with Crippen LogP contribution in [0.5, 0.6) is 0 Å². The van der Waals surface area contributed by atoms with E-state index in [1.807, 2.05) is 10.6 Å². The molecule has 0 fully saturated rings. The number of hydrogen-bond acceptors (Lipinski definition) is 5. The van der Waals surface area contributed by atoms with E-state index in [1.165, 1.54) is 6.08 Å². The fourth-order valence-electron chi connectivity index (χ4n) is 2.40. The highest BCUT2D eigenvalue weighted by Crippen LogP contribution is 2.18. The Kier molecular flexibility index (Phi) is 7.64. The zero-order chi connectivity index (χ0) is 19.0. The maximum absolute atomic E-state index is 9.83. The number of rotatable bonds is 10. The molecule has 1 rings (SSSR count). The molecule has 1 heterocycles. The lowest BCUT2D eigenvalue weighted by Gasteiger charge is -2.17. The largest absolute Gasteiger partial charge is 0.402 e. The monoisotopic (exact) mass is 345 g/mol. The zero-order valence-corrected chi connectivity index (χ0v) is 15.5. The van der Waals surface area contributed by atoms with Crippen molar-refractivity contribution in [3.8, 4) is 0 Å². The molecule has 0 amide bonds. The van der Waals surface area contributed by atoms with Crippen molar-refractivity contribution in [3.63, 3.8) is 0 Å². The van der Waals surface area contributed by atoms with E-state index < -0.39 is 5.60 Å². The summed E-state index contributed by atoms with van der Waals surface area (Å²) in [6.07, 6.45) is 9.79. The van der Waals surface area contributed by atoms with E-state index in [0.717, 1.165) is 18.4 Å². The second-order valence-electron chi connectivity index (χ2n) is 6.83. The standard InChI is InChI=1S/C19H31N5O/c1-5-7-14(12-15(20)8-9-19(3,4)25)17(22)13-24-11-10-23-18(24)16(21)6-2/h6,10-12,21,25H,2,5,7-9,13,20,22H2,1,3-4H3/b15-12-,17-14-,21-16?. The highest BCUT2D eigenvalue weighted by Gasteiger charge is 2.13. The third kappa shape index (κ3) is 6.97. The fraction of sp³-hybridized carbons (Fsp3) is 0.474. The lowest BCUT2D eigenvalue weighted by atomic mass is 9.99. The molecule has 0 spiro atoms. The third-order valence-corrected chi connectivity index (χ3v) is 3.82. The molecule has 0 aromatic carbocycles. The Balaban J connectivity index is 3.00. The Labute approximate surface area is 150 Å². The van der Waals surface area contributed by atoms with Gasteiger partial charge in [0.1, 0.15) is 0 Å². The number of hydrogen-bond donors (Lipinski definition) is 4. The molecule has 138 valence electrons. The van der Waals surface area contributed by atoms with E-state index >= 15 is 0 Å². The van der Waals surface area contributed by atoms with Crippen LogP contribution in [0.2, 0.25) is 0 Å². The van der Waals surface area contributed by atoms with E-state index in [1.54, 1.807) is 26.2 Å². The molecule has 0 aliphatic rings. The summed E-state index contributed by atoms with van der Waals surface area (Å²) >= 11 is 0. The molecule has 0 atom stereocenters. The maximum atomic E-state index is 9.83. The minimum absolute atomic E-state index is 0.259. The predicted molar refractivity (Wildman–Crippen MR) is 103 cm³/mol. The molecule has 6 heteroatoms. The van der Waals surface area contributed by atoms with Crippen molar-refractivity contribution in [2.75, 3.05) is 0 Å². The number of nitrogens with zero attached hydrogens (tertiary/aromatic N) is 2. The molecular weight excluding hydrogens is 314 g/mol. The molecule has 6 nitrogen and oxygen atoms in total. The van der Waals surface area contributed by atoms with E-state index in [-0.39, 0.29) is 5.71 Å².